The molecule has 2 aliphatic rings. The van der Waals surface area contributed by atoms with Crippen molar-refractivity contribution in [2.24, 2.45) is 5.92 Å². The summed E-state index contributed by atoms with van der Waals surface area (Å²) in [6, 6.07) is 0. The molecule has 2 rings (SSSR count). The zero-order chi connectivity index (χ0) is 18.8. The Morgan fingerprint density at radius 1 is 1.08 bits per heavy atom. The number of Topliss-reactive ketones (excluding diaryl/α,β-unsaturated/α-hetero) is 1. The lowest BCUT2D eigenvalue weighted by Gasteiger charge is -2.37. The van der Waals surface area contributed by atoms with Gasteiger partial charge in [-0.25, -0.2) is 0 Å². The summed E-state index contributed by atoms with van der Waals surface area (Å²) in [5.74, 6) is -0.0866. The van der Waals surface area contributed by atoms with Crippen molar-refractivity contribution in [2.75, 3.05) is 59.5 Å². The minimum Gasteiger partial charge on any atom is -0.394 e. The quantitative estimate of drug-likeness (QED) is 0.294. The Morgan fingerprint density at radius 3 is 2.27 bits per heavy atom. The molecule has 0 aliphatic carbocycles. The molecule has 0 bridgehead atoms. The predicted molar refractivity (Wildman–Crippen MR) is 88.7 cm³/mol. The van der Waals surface area contributed by atoms with Gasteiger partial charge < -0.3 is 38.6 Å². The number of aliphatic hydroxyl groups excluding tert-OH is 2. The van der Waals surface area contributed by atoms with Gasteiger partial charge in [0.1, 0.15) is 12.7 Å². The highest BCUT2D eigenvalue weighted by Gasteiger charge is 2.46. The van der Waals surface area contributed by atoms with Crippen LogP contribution in [0.25, 0.3) is 0 Å². The van der Waals surface area contributed by atoms with Gasteiger partial charge in [0.25, 0.3) is 0 Å². The SMILES string of the molecule is CC(=O)COCCOCCOCCO[C@H]1C[C@@H](C2CO2)[C@@H](O)[C@@H](CO)O1. The highest BCUT2D eigenvalue weighted by atomic mass is 16.7. The Morgan fingerprint density at radius 2 is 1.69 bits per heavy atom. The molecule has 26 heavy (non-hydrogen) atoms. The summed E-state index contributed by atoms with van der Waals surface area (Å²) in [7, 11) is 0. The van der Waals surface area contributed by atoms with E-state index >= 15 is 0 Å². The second-order valence-electron chi connectivity index (χ2n) is 6.40. The minimum absolute atomic E-state index is 0.00826. The number of ether oxygens (including phenoxy) is 6. The van der Waals surface area contributed by atoms with Gasteiger partial charge in [0, 0.05) is 12.3 Å². The van der Waals surface area contributed by atoms with E-state index in [0.29, 0.717) is 52.7 Å². The molecule has 0 amide bonds. The van der Waals surface area contributed by atoms with Crippen molar-refractivity contribution in [3.63, 3.8) is 0 Å². The van der Waals surface area contributed by atoms with Crippen LogP contribution in [-0.2, 0) is 33.2 Å². The maximum Gasteiger partial charge on any atom is 0.158 e. The van der Waals surface area contributed by atoms with E-state index in [1.54, 1.807) is 0 Å². The fraction of sp³-hybridized carbons (Fsp3) is 0.941. The predicted octanol–water partition coefficient (Wildman–Crippen LogP) is -0.875. The Labute approximate surface area is 153 Å². The molecule has 0 aromatic rings. The molecule has 2 heterocycles. The Kier molecular flexibility index (Phi) is 9.94. The molecule has 0 aromatic carbocycles. The molecule has 9 nitrogen and oxygen atoms in total. The molecule has 0 radical (unpaired) electrons. The van der Waals surface area contributed by atoms with Gasteiger partial charge >= 0.3 is 0 Å². The van der Waals surface area contributed by atoms with Gasteiger partial charge in [0.15, 0.2) is 12.1 Å². The number of rotatable bonds is 14. The van der Waals surface area contributed by atoms with Gasteiger partial charge in [-0.05, 0) is 6.92 Å². The first-order valence-electron chi connectivity index (χ1n) is 9.02. The van der Waals surface area contributed by atoms with Crippen molar-refractivity contribution in [1.29, 1.82) is 0 Å². The van der Waals surface area contributed by atoms with E-state index in [4.69, 9.17) is 28.4 Å². The molecule has 1 unspecified atom stereocenters. The normalized spacial score (nSPS) is 31.1. The summed E-state index contributed by atoms with van der Waals surface area (Å²) in [5, 5.41) is 19.5. The van der Waals surface area contributed by atoms with E-state index in [1.165, 1.54) is 6.92 Å². The fourth-order valence-electron chi connectivity index (χ4n) is 2.80. The molecular formula is C17H30O9. The highest BCUT2D eigenvalue weighted by Crippen LogP contribution is 2.34. The summed E-state index contributed by atoms with van der Waals surface area (Å²) in [6.45, 7) is 4.36. The summed E-state index contributed by atoms with van der Waals surface area (Å²) < 4.78 is 32.2. The van der Waals surface area contributed by atoms with Crippen molar-refractivity contribution >= 4 is 5.78 Å². The first kappa shape index (κ1) is 21.6. The van der Waals surface area contributed by atoms with Crippen LogP contribution >= 0.6 is 0 Å². The largest absolute Gasteiger partial charge is 0.394 e. The molecule has 9 heteroatoms. The molecule has 2 saturated heterocycles. The van der Waals surface area contributed by atoms with Gasteiger partial charge in [-0.2, -0.15) is 0 Å². The minimum atomic E-state index is -0.736. The number of carbonyl (C=O) groups is 1. The van der Waals surface area contributed by atoms with E-state index < -0.39 is 18.5 Å². The van der Waals surface area contributed by atoms with Crippen molar-refractivity contribution in [3.8, 4) is 0 Å². The second kappa shape index (κ2) is 11.9. The average molecular weight is 378 g/mol. The number of hydrogen-bond donors (Lipinski definition) is 2. The molecule has 0 saturated carbocycles. The lowest BCUT2D eigenvalue weighted by molar-refractivity contribution is -0.250. The summed E-state index contributed by atoms with van der Waals surface area (Å²) in [4.78, 5) is 10.7. The van der Waals surface area contributed by atoms with E-state index in [-0.39, 0.29) is 31.0 Å². The van der Waals surface area contributed by atoms with Gasteiger partial charge in [-0.3, -0.25) is 4.79 Å². The molecule has 0 spiro atoms. The third-order valence-electron chi connectivity index (χ3n) is 4.21. The highest BCUT2D eigenvalue weighted by molar-refractivity contribution is 5.76. The Balaban J connectivity index is 1.46. The maximum absolute atomic E-state index is 10.7. The second-order valence-corrected chi connectivity index (χ2v) is 6.40. The van der Waals surface area contributed by atoms with Gasteiger partial charge in [0.2, 0.25) is 0 Å². The molecule has 152 valence electrons. The first-order valence-corrected chi connectivity index (χ1v) is 9.02. The summed E-state index contributed by atoms with van der Waals surface area (Å²) in [6.07, 6.45) is -1.31. The Hall–Kier alpha value is -0.650. The number of ketones is 1. The molecule has 0 aromatic heterocycles. The van der Waals surface area contributed by atoms with Crippen LogP contribution in [0.4, 0.5) is 0 Å². The van der Waals surface area contributed by atoms with Crippen LogP contribution in [0.3, 0.4) is 0 Å². The van der Waals surface area contributed by atoms with Crippen LogP contribution < -0.4 is 0 Å². The number of hydrogen-bond acceptors (Lipinski definition) is 9. The topological polar surface area (TPSA) is 116 Å². The smallest absolute Gasteiger partial charge is 0.158 e. The first-order chi connectivity index (χ1) is 12.6. The van der Waals surface area contributed by atoms with Crippen LogP contribution in [-0.4, -0.2) is 100 Å². The van der Waals surface area contributed by atoms with Crippen LogP contribution in [0, 0.1) is 5.92 Å². The number of epoxide rings is 1. The van der Waals surface area contributed by atoms with Crippen molar-refractivity contribution < 1.29 is 43.4 Å². The van der Waals surface area contributed by atoms with E-state index in [9.17, 15) is 15.0 Å². The summed E-state index contributed by atoms with van der Waals surface area (Å²) >= 11 is 0. The van der Waals surface area contributed by atoms with Crippen LogP contribution in [0.2, 0.25) is 0 Å². The van der Waals surface area contributed by atoms with E-state index in [2.05, 4.69) is 0 Å². The maximum atomic E-state index is 10.7. The molecular weight excluding hydrogens is 348 g/mol. The van der Waals surface area contributed by atoms with Crippen molar-refractivity contribution in [2.45, 2.75) is 37.9 Å². The van der Waals surface area contributed by atoms with Gasteiger partial charge in [-0.15, -0.1) is 0 Å². The lowest BCUT2D eigenvalue weighted by atomic mass is 9.89. The Bertz CT molecular complexity index is 402. The lowest BCUT2D eigenvalue weighted by Crippen LogP contribution is -2.49. The molecule has 2 N–H and O–H groups in total. The standard InChI is InChI=1S/C17H30O9/c1-12(19)10-23-5-4-21-2-3-22-6-7-24-16-8-13(15-11-25-15)17(20)14(9-18)26-16/h13-18,20H,2-11H2,1H3/t13-,14+,15?,16+,17+/m0/s1. The third-order valence-corrected chi connectivity index (χ3v) is 4.21. The van der Waals surface area contributed by atoms with Crippen LogP contribution in [0.1, 0.15) is 13.3 Å². The zero-order valence-electron chi connectivity index (χ0n) is 15.2. The molecule has 2 aliphatic heterocycles. The van der Waals surface area contributed by atoms with Crippen molar-refractivity contribution in [3.05, 3.63) is 0 Å². The van der Waals surface area contributed by atoms with Crippen LogP contribution in [0.5, 0.6) is 0 Å². The van der Waals surface area contributed by atoms with E-state index in [1.807, 2.05) is 0 Å². The zero-order valence-corrected chi connectivity index (χ0v) is 15.2. The van der Waals surface area contributed by atoms with E-state index in [0.717, 1.165) is 0 Å². The van der Waals surface area contributed by atoms with Crippen molar-refractivity contribution in [1.82, 2.24) is 0 Å². The monoisotopic (exact) mass is 378 g/mol. The number of carbonyl (C=O) groups excluding carboxylic acids is 1. The summed E-state index contributed by atoms with van der Waals surface area (Å²) in [5.41, 5.74) is 0. The average Bonchev–Trinajstić information content (AvgIpc) is 3.45. The molecule has 5 atom stereocenters. The fourth-order valence-corrected chi connectivity index (χ4v) is 2.80. The third kappa shape index (κ3) is 7.93. The van der Waals surface area contributed by atoms with Gasteiger partial charge in [-0.1, -0.05) is 0 Å². The number of aliphatic hydroxyl groups is 2. The molecule has 2 fully saturated rings. The van der Waals surface area contributed by atoms with Gasteiger partial charge in [0.05, 0.1) is 65.1 Å². The van der Waals surface area contributed by atoms with Crippen LogP contribution in [0.15, 0.2) is 0 Å².